The highest BCUT2D eigenvalue weighted by molar-refractivity contribution is 6.31. The van der Waals surface area contributed by atoms with Gasteiger partial charge >= 0.3 is 5.97 Å². The fourth-order valence-corrected chi connectivity index (χ4v) is 3.28. The average molecular weight is 395 g/mol. The van der Waals surface area contributed by atoms with Crippen LogP contribution in [0.4, 0.5) is 4.39 Å². The highest BCUT2D eigenvalue weighted by Crippen LogP contribution is 2.20. The van der Waals surface area contributed by atoms with E-state index in [1.807, 2.05) is 0 Å². The van der Waals surface area contributed by atoms with E-state index in [0.717, 1.165) is 5.56 Å². The number of aromatic nitrogens is 2. The summed E-state index contributed by atoms with van der Waals surface area (Å²) < 4.78 is 14.6. The zero-order valence-corrected chi connectivity index (χ0v) is 15.4. The van der Waals surface area contributed by atoms with Crippen LogP contribution in [0.2, 0.25) is 5.02 Å². The second-order valence-corrected chi connectivity index (χ2v) is 6.79. The van der Waals surface area contributed by atoms with Crippen LogP contribution in [-0.4, -0.2) is 62.7 Å². The number of halogens is 2. The van der Waals surface area contributed by atoms with Crippen molar-refractivity contribution in [1.29, 1.82) is 0 Å². The van der Waals surface area contributed by atoms with Gasteiger partial charge in [0.1, 0.15) is 11.5 Å². The Morgan fingerprint density at radius 2 is 1.93 bits per heavy atom. The molecule has 1 fully saturated rings. The highest BCUT2D eigenvalue weighted by atomic mass is 35.5. The molecule has 1 aliphatic rings. The monoisotopic (exact) mass is 394 g/mol. The van der Waals surface area contributed by atoms with E-state index < -0.39 is 5.97 Å². The molecule has 2 aromatic rings. The minimum atomic E-state index is -0.933. The van der Waals surface area contributed by atoms with Gasteiger partial charge in [0.15, 0.2) is 0 Å². The number of rotatable bonds is 6. The molecule has 1 amide bonds. The van der Waals surface area contributed by atoms with Crippen molar-refractivity contribution < 1.29 is 19.1 Å². The Morgan fingerprint density at radius 1 is 1.19 bits per heavy atom. The Hall–Kier alpha value is -2.45. The van der Waals surface area contributed by atoms with E-state index in [1.54, 1.807) is 17.0 Å². The number of aryl methyl sites for hydroxylation is 1. The smallest absolute Gasteiger partial charge is 0.305 e. The third-order valence-corrected chi connectivity index (χ3v) is 4.89. The van der Waals surface area contributed by atoms with Gasteiger partial charge in [-0.1, -0.05) is 17.7 Å². The molecule has 0 saturated carbocycles. The minimum absolute atomic E-state index is 0.0891. The number of benzene rings is 1. The SMILES string of the molecule is O=C(O)CCn1nccc1C(=O)N1CCN(Cc2ccc(F)cc2Cl)CC1. The van der Waals surface area contributed by atoms with Crippen LogP contribution in [0.3, 0.4) is 0 Å². The fraction of sp³-hybridized carbons (Fsp3) is 0.389. The predicted octanol–water partition coefficient (Wildman–Crippen LogP) is 2.11. The molecule has 27 heavy (non-hydrogen) atoms. The molecule has 0 spiro atoms. The number of carboxylic acids is 1. The highest BCUT2D eigenvalue weighted by Gasteiger charge is 2.25. The van der Waals surface area contributed by atoms with Crippen LogP contribution in [0.15, 0.2) is 30.5 Å². The molecule has 0 bridgehead atoms. The second kappa shape index (κ2) is 8.49. The summed E-state index contributed by atoms with van der Waals surface area (Å²) >= 11 is 6.08. The number of nitrogens with zero attached hydrogens (tertiary/aromatic N) is 4. The molecular formula is C18H20ClFN4O3. The summed E-state index contributed by atoms with van der Waals surface area (Å²) in [6.45, 7) is 3.18. The fourth-order valence-electron chi connectivity index (χ4n) is 3.06. The molecule has 1 N–H and O–H groups in total. The first-order valence-corrected chi connectivity index (χ1v) is 9.01. The van der Waals surface area contributed by atoms with Gasteiger partial charge in [0.25, 0.3) is 5.91 Å². The van der Waals surface area contributed by atoms with Gasteiger partial charge in [-0.25, -0.2) is 4.39 Å². The Morgan fingerprint density at radius 3 is 2.59 bits per heavy atom. The first-order chi connectivity index (χ1) is 12.9. The molecule has 0 unspecified atom stereocenters. The summed E-state index contributed by atoms with van der Waals surface area (Å²) in [5, 5.41) is 13.2. The van der Waals surface area contributed by atoms with E-state index in [9.17, 15) is 14.0 Å². The topological polar surface area (TPSA) is 78.7 Å². The zero-order chi connectivity index (χ0) is 19.4. The van der Waals surface area contributed by atoms with Crippen molar-refractivity contribution in [3.8, 4) is 0 Å². The van der Waals surface area contributed by atoms with E-state index in [0.29, 0.717) is 43.4 Å². The van der Waals surface area contributed by atoms with Gasteiger partial charge in [0.05, 0.1) is 13.0 Å². The molecule has 0 aliphatic carbocycles. The van der Waals surface area contributed by atoms with Crippen molar-refractivity contribution in [2.75, 3.05) is 26.2 Å². The first kappa shape index (κ1) is 19.3. The lowest BCUT2D eigenvalue weighted by molar-refractivity contribution is -0.137. The van der Waals surface area contributed by atoms with E-state index in [2.05, 4.69) is 10.00 Å². The number of carboxylic acid groups (broad SMARTS) is 1. The summed E-state index contributed by atoms with van der Waals surface area (Å²) in [6, 6.07) is 5.97. The van der Waals surface area contributed by atoms with E-state index >= 15 is 0 Å². The van der Waals surface area contributed by atoms with Gasteiger partial charge in [-0.15, -0.1) is 0 Å². The molecule has 1 aliphatic heterocycles. The first-order valence-electron chi connectivity index (χ1n) is 8.63. The number of carbonyl (C=O) groups excluding carboxylic acids is 1. The number of carbonyl (C=O) groups is 2. The van der Waals surface area contributed by atoms with Crippen molar-refractivity contribution in [2.24, 2.45) is 0 Å². The average Bonchev–Trinajstić information content (AvgIpc) is 3.11. The minimum Gasteiger partial charge on any atom is -0.481 e. The Balaban J connectivity index is 1.57. The lowest BCUT2D eigenvalue weighted by atomic mass is 10.2. The standard InChI is InChI=1S/C18H20ClFN4O3/c19-15-11-14(20)2-1-13(15)12-22-7-9-23(10-8-22)18(27)16-3-5-21-24(16)6-4-17(25)26/h1-3,5,11H,4,6-10,12H2,(H,25,26). The van der Waals surface area contributed by atoms with Crippen LogP contribution in [0.1, 0.15) is 22.5 Å². The van der Waals surface area contributed by atoms with Crippen LogP contribution < -0.4 is 0 Å². The molecule has 7 nitrogen and oxygen atoms in total. The van der Waals surface area contributed by atoms with Gasteiger partial charge in [-0.2, -0.15) is 5.10 Å². The maximum Gasteiger partial charge on any atom is 0.305 e. The van der Waals surface area contributed by atoms with Gasteiger partial charge < -0.3 is 10.0 Å². The molecule has 1 saturated heterocycles. The predicted molar refractivity (Wildman–Crippen MR) is 97.1 cm³/mol. The largest absolute Gasteiger partial charge is 0.481 e. The normalized spacial score (nSPS) is 15.1. The van der Waals surface area contributed by atoms with Crippen molar-refractivity contribution in [1.82, 2.24) is 19.6 Å². The molecule has 0 atom stereocenters. The summed E-state index contributed by atoms with van der Waals surface area (Å²) in [5.41, 5.74) is 1.25. The van der Waals surface area contributed by atoms with Crippen LogP contribution in [0, 0.1) is 5.82 Å². The maximum atomic E-state index is 13.2. The van der Waals surface area contributed by atoms with Gasteiger partial charge in [-0.05, 0) is 23.8 Å². The molecule has 2 heterocycles. The molecule has 1 aromatic heterocycles. The van der Waals surface area contributed by atoms with Crippen molar-refractivity contribution in [3.63, 3.8) is 0 Å². The summed E-state index contributed by atoms with van der Waals surface area (Å²) in [4.78, 5) is 27.3. The molecule has 3 rings (SSSR count). The molecule has 9 heteroatoms. The van der Waals surface area contributed by atoms with E-state index in [1.165, 1.54) is 23.0 Å². The summed E-state index contributed by atoms with van der Waals surface area (Å²) in [7, 11) is 0. The van der Waals surface area contributed by atoms with Crippen molar-refractivity contribution in [3.05, 3.63) is 52.6 Å². The van der Waals surface area contributed by atoms with Crippen LogP contribution in [-0.2, 0) is 17.9 Å². The van der Waals surface area contributed by atoms with Crippen molar-refractivity contribution in [2.45, 2.75) is 19.5 Å². The summed E-state index contributed by atoms with van der Waals surface area (Å²) in [5.74, 6) is -1.45. The van der Waals surface area contributed by atoms with Crippen LogP contribution in [0.5, 0.6) is 0 Å². The lowest BCUT2D eigenvalue weighted by Gasteiger charge is -2.34. The zero-order valence-electron chi connectivity index (χ0n) is 14.6. The van der Waals surface area contributed by atoms with Gasteiger partial charge in [-0.3, -0.25) is 19.2 Å². The molecule has 144 valence electrons. The Labute approximate surface area is 160 Å². The third-order valence-electron chi connectivity index (χ3n) is 4.54. The van der Waals surface area contributed by atoms with E-state index in [-0.39, 0.29) is 24.7 Å². The number of hydrogen-bond donors (Lipinski definition) is 1. The van der Waals surface area contributed by atoms with Crippen LogP contribution in [0.25, 0.3) is 0 Å². The number of aliphatic carboxylic acids is 1. The van der Waals surface area contributed by atoms with E-state index in [4.69, 9.17) is 16.7 Å². The Bertz CT molecular complexity index is 834. The quantitative estimate of drug-likeness (QED) is 0.811. The Kier molecular flexibility index (Phi) is 6.08. The molecule has 1 aromatic carbocycles. The number of hydrogen-bond acceptors (Lipinski definition) is 4. The summed E-state index contributed by atoms with van der Waals surface area (Å²) in [6.07, 6.45) is 1.41. The van der Waals surface area contributed by atoms with Crippen LogP contribution >= 0.6 is 11.6 Å². The number of amides is 1. The molecule has 0 radical (unpaired) electrons. The van der Waals surface area contributed by atoms with Gasteiger partial charge in [0, 0.05) is 43.9 Å². The van der Waals surface area contributed by atoms with Gasteiger partial charge in [0.2, 0.25) is 0 Å². The number of piperazine rings is 1. The maximum absolute atomic E-state index is 13.2. The lowest BCUT2D eigenvalue weighted by Crippen LogP contribution is -2.48. The third kappa shape index (κ3) is 4.84. The van der Waals surface area contributed by atoms with Crippen molar-refractivity contribution >= 4 is 23.5 Å². The second-order valence-electron chi connectivity index (χ2n) is 6.39. The molecular weight excluding hydrogens is 375 g/mol.